The highest BCUT2D eigenvalue weighted by atomic mass is 16.7. The number of carbonyl (C=O) groups excluding carboxylic acids is 4. The third-order valence-corrected chi connectivity index (χ3v) is 9.22. The van der Waals surface area contributed by atoms with Gasteiger partial charge < -0.3 is 24.6 Å². The number of phenols is 1. The fraction of sp³-hybridized carbons (Fsp3) is 0.483. The van der Waals surface area contributed by atoms with Gasteiger partial charge in [-0.25, -0.2) is 0 Å². The molecule has 0 spiro atoms. The van der Waals surface area contributed by atoms with Crippen molar-refractivity contribution in [3.8, 4) is 23.3 Å². The monoisotopic (exact) mass is 562 g/mol. The van der Waals surface area contributed by atoms with Crippen LogP contribution in [-0.2, 0) is 30.3 Å². The van der Waals surface area contributed by atoms with Crippen molar-refractivity contribution in [2.45, 2.75) is 63.8 Å². The number of aromatic hydroxyl groups is 1. The Balaban J connectivity index is 1.57. The van der Waals surface area contributed by atoms with Crippen molar-refractivity contribution in [2.75, 3.05) is 27.5 Å². The van der Waals surface area contributed by atoms with Crippen LogP contribution in [0, 0.1) is 18.3 Å². The van der Waals surface area contributed by atoms with Crippen molar-refractivity contribution in [1.82, 2.24) is 15.1 Å². The maximum absolute atomic E-state index is 13.8. The van der Waals surface area contributed by atoms with Crippen molar-refractivity contribution in [3.05, 3.63) is 39.2 Å². The number of rotatable bonds is 4. The molecule has 1 aliphatic carbocycles. The number of amides is 1. The summed E-state index contributed by atoms with van der Waals surface area (Å²) < 4.78 is 16.9. The lowest BCUT2D eigenvalue weighted by atomic mass is 9.68. The average Bonchev–Trinajstić information content (AvgIpc) is 3.43. The van der Waals surface area contributed by atoms with E-state index in [1.165, 1.54) is 7.11 Å². The molecule has 6 rings (SSSR count). The predicted molar refractivity (Wildman–Crippen MR) is 141 cm³/mol. The maximum Gasteiger partial charge on any atom is 0.287 e. The zero-order chi connectivity index (χ0) is 29.5. The Kier molecular flexibility index (Phi) is 6.20. The van der Waals surface area contributed by atoms with Gasteiger partial charge in [-0.2, -0.15) is 5.26 Å². The van der Waals surface area contributed by atoms with E-state index in [-0.39, 0.29) is 54.8 Å². The fourth-order valence-corrected chi connectivity index (χ4v) is 7.36. The first kappa shape index (κ1) is 27.0. The van der Waals surface area contributed by atoms with Gasteiger partial charge in [-0.05, 0) is 33.7 Å². The van der Waals surface area contributed by atoms with Gasteiger partial charge in [-0.1, -0.05) is 0 Å². The van der Waals surface area contributed by atoms with Crippen molar-refractivity contribution in [1.29, 1.82) is 5.26 Å². The SMILES string of the molecule is COC1=C(C)C(=O)C2=C(C1=O)[C@@H]1[C@@H]3Cc4c(O)c(C)c5c(c4[C@H](CNC(=O)C(C)=O)N3[C@@H](C#N)[C@H](C2)N1C)OCO5. The number of methoxy groups -OCH3 is 1. The molecule has 1 saturated heterocycles. The van der Waals surface area contributed by atoms with Crippen LogP contribution in [0.15, 0.2) is 22.5 Å². The normalized spacial score (nSPS) is 28.5. The molecule has 1 amide bonds. The number of piperazine rings is 1. The topological polar surface area (TPSA) is 158 Å². The molecule has 0 radical (unpaired) electrons. The van der Waals surface area contributed by atoms with Gasteiger partial charge in [0, 0.05) is 59.0 Å². The minimum absolute atomic E-state index is 0.00176. The lowest BCUT2D eigenvalue weighted by molar-refractivity contribution is -0.137. The fourth-order valence-electron chi connectivity index (χ4n) is 7.36. The first-order valence-electron chi connectivity index (χ1n) is 13.4. The molecule has 0 aromatic heterocycles. The molecular formula is C29H30N4O8. The van der Waals surface area contributed by atoms with E-state index in [4.69, 9.17) is 14.2 Å². The van der Waals surface area contributed by atoms with Crippen LogP contribution in [0.3, 0.4) is 0 Å². The van der Waals surface area contributed by atoms with Gasteiger partial charge in [0.05, 0.1) is 25.3 Å². The molecule has 12 heteroatoms. The standard InChI is InChI=1S/C29H30N4O8/c1-11-23(35)15-6-16-18(8-30)33-17(22(32(16)4)21(15)25(37)26(11)39-5)7-14-20(19(33)9-31-29(38)13(3)34)28-27(40-10-41-28)12(2)24(14)36/h16-19,22,36H,6-7,9-10H2,1-5H3,(H,31,38)/t16-,17-,18-,19-,22-/m0/s1. The molecule has 4 aliphatic heterocycles. The second-order valence-corrected chi connectivity index (χ2v) is 11.1. The molecule has 0 unspecified atom stereocenters. The summed E-state index contributed by atoms with van der Waals surface area (Å²) in [4.78, 5) is 55.5. The number of allylic oxidation sites excluding steroid dienone is 2. The lowest BCUT2D eigenvalue weighted by Crippen LogP contribution is -2.72. The van der Waals surface area contributed by atoms with Gasteiger partial charge in [0.1, 0.15) is 11.8 Å². The summed E-state index contributed by atoms with van der Waals surface area (Å²) in [6.45, 7) is 4.32. The van der Waals surface area contributed by atoms with E-state index < -0.39 is 41.9 Å². The molecule has 1 aromatic carbocycles. The van der Waals surface area contributed by atoms with Gasteiger partial charge >= 0.3 is 0 Å². The Labute approximate surface area is 236 Å². The molecule has 41 heavy (non-hydrogen) atoms. The Morgan fingerprint density at radius 2 is 1.85 bits per heavy atom. The van der Waals surface area contributed by atoms with E-state index in [1.807, 2.05) is 16.8 Å². The molecule has 2 N–H and O–H groups in total. The van der Waals surface area contributed by atoms with Crippen molar-refractivity contribution < 1.29 is 38.5 Å². The number of likely N-dealkylation sites (N-methyl/N-ethyl adjacent to an activating group) is 1. The van der Waals surface area contributed by atoms with Gasteiger partial charge in [0.25, 0.3) is 5.91 Å². The van der Waals surface area contributed by atoms with Crippen LogP contribution in [0.25, 0.3) is 0 Å². The average molecular weight is 563 g/mol. The van der Waals surface area contributed by atoms with Crippen molar-refractivity contribution in [3.63, 3.8) is 0 Å². The lowest BCUT2D eigenvalue weighted by Gasteiger charge is -2.60. The highest BCUT2D eigenvalue weighted by molar-refractivity contribution is 6.35. The molecule has 0 saturated carbocycles. The van der Waals surface area contributed by atoms with Crippen molar-refractivity contribution >= 4 is 23.3 Å². The van der Waals surface area contributed by atoms with Crippen LogP contribution in [0.1, 0.15) is 43.0 Å². The largest absolute Gasteiger partial charge is 0.507 e. The van der Waals surface area contributed by atoms with Crippen LogP contribution >= 0.6 is 0 Å². The number of fused-ring (bicyclic) bond motifs is 8. The molecule has 214 valence electrons. The number of benzene rings is 1. The molecule has 1 aromatic rings. The van der Waals surface area contributed by atoms with Gasteiger partial charge in [0.15, 0.2) is 23.0 Å². The van der Waals surface area contributed by atoms with E-state index >= 15 is 0 Å². The Morgan fingerprint density at radius 3 is 2.51 bits per heavy atom. The number of nitrogens with one attached hydrogen (secondary N) is 1. The number of nitrogens with zero attached hydrogens (tertiary/aromatic N) is 3. The molecule has 5 aliphatic rings. The number of hydrogen-bond donors (Lipinski definition) is 2. The summed E-state index contributed by atoms with van der Waals surface area (Å²) in [6, 6.07) is -0.687. The van der Waals surface area contributed by atoms with Gasteiger partial charge in [0.2, 0.25) is 18.4 Å². The number of ketones is 3. The van der Waals surface area contributed by atoms with E-state index in [1.54, 1.807) is 13.8 Å². The molecule has 1 fully saturated rings. The number of phenolic OH excluding ortho intramolecular Hbond substituents is 1. The predicted octanol–water partition coefficient (Wildman–Crippen LogP) is 0.750. The Morgan fingerprint density at radius 1 is 1.15 bits per heavy atom. The minimum atomic E-state index is -0.787. The van der Waals surface area contributed by atoms with Gasteiger partial charge in [-0.3, -0.25) is 29.0 Å². The van der Waals surface area contributed by atoms with E-state index in [0.717, 1.165) is 6.92 Å². The Bertz CT molecular complexity index is 1550. The third-order valence-electron chi connectivity index (χ3n) is 9.22. The highest BCUT2D eigenvalue weighted by Crippen LogP contribution is 2.55. The first-order valence-corrected chi connectivity index (χ1v) is 13.4. The molecular weight excluding hydrogens is 532 g/mol. The van der Waals surface area contributed by atoms with Crippen LogP contribution < -0.4 is 14.8 Å². The quantitative estimate of drug-likeness (QED) is 0.394. The number of nitriles is 1. The summed E-state index contributed by atoms with van der Waals surface area (Å²) in [7, 11) is 3.20. The highest BCUT2D eigenvalue weighted by Gasteiger charge is 2.59. The molecule has 2 bridgehead atoms. The van der Waals surface area contributed by atoms with Crippen LogP contribution in [0.2, 0.25) is 0 Å². The number of Topliss-reactive ketones (excluding diaryl/α,β-unsaturated/α-hetero) is 3. The maximum atomic E-state index is 13.8. The second kappa shape index (κ2) is 9.43. The van der Waals surface area contributed by atoms with E-state index in [9.17, 15) is 29.5 Å². The van der Waals surface area contributed by atoms with E-state index in [2.05, 4.69) is 11.4 Å². The van der Waals surface area contributed by atoms with Crippen molar-refractivity contribution in [2.24, 2.45) is 0 Å². The first-order chi connectivity index (χ1) is 19.5. The summed E-state index contributed by atoms with van der Waals surface area (Å²) in [5.41, 5.74) is 2.55. The number of carbonyl (C=O) groups is 4. The summed E-state index contributed by atoms with van der Waals surface area (Å²) >= 11 is 0. The summed E-state index contributed by atoms with van der Waals surface area (Å²) in [5, 5.41) is 24.6. The van der Waals surface area contributed by atoms with Crippen LogP contribution in [0.5, 0.6) is 17.2 Å². The molecule has 12 nitrogen and oxygen atoms in total. The second-order valence-electron chi connectivity index (χ2n) is 11.1. The summed E-state index contributed by atoms with van der Waals surface area (Å²) in [6.07, 6.45) is 0.401. The Hall–Kier alpha value is -4.21. The van der Waals surface area contributed by atoms with E-state index in [0.29, 0.717) is 39.3 Å². The summed E-state index contributed by atoms with van der Waals surface area (Å²) in [5.74, 6) is -1.31. The van der Waals surface area contributed by atoms with Crippen LogP contribution in [0.4, 0.5) is 0 Å². The smallest absolute Gasteiger partial charge is 0.287 e. The number of ether oxygens (including phenoxy) is 3. The molecule has 5 atom stereocenters. The van der Waals surface area contributed by atoms with Crippen LogP contribution in [-0.4, -0.2) is 89.8 Å². The molecule has 4 heterocycles. The minimum Gasteiger partial charge on any atom is -0.507 e. The zero-order valence-electron chi connectivity index (χ0n) is 23.4. The number of hydrogen-bond acceptors (Lipinski definition) is 11. The third kappa shape index (κ3) is 3.58. The zero-order valence-corrected chi connectivity index (χ0v) is 23.4. The van der Waals surface area contributed by atoms with Gasteiger partial charge in [-0.15, -0.1) is 0 Å².